The molecule has 0 saturated heterocycles. The van der Waals surface area contributed by atoms with E-state index in [9.17, 15) is 4.79 Å². The third-order valence-electron chi connectivity index (χ3n) is 4.10. The zero-order chi connectivity index (χ0) is 19.4. The number of carbonyl (C=O) groups excluding carboxylic acids is 1. The van der Waals surface area contributed by atoms with Crippen LogP contribution in [0.3, 0.4) is 0 Å². The van der Waals surface area contributed by atoms with E-state index in [-0.39, 0.29) is 5.91 Å². The largest absolute Gasteiger partial charge is 0.324 e. The highest BCUT2D eigenvalue weighted by atomic mass is 16.1. The second kappa shape index (κ2) is 7.67. The van der Waals surface area contributed by atoms with Gasteiger partial charge >= 0.3 is 0 Å². The number of amides is 1. The molecule has 0 aliphatic heterocycles. The molecule has 0 radical (unpaired) electrons. The minimum atomic E-state index is -0.255. The van der Waals surface area contributed by atoms with Gasteiger partial charge in [0.15, 0.2) is 0 Å². The van der Waals surface area contributed by atoms with Crippen LogP contribution in [0.4, 0.5) is 17.3 Å². The third-order valence-corrected chi connectivity index (χ3v) is 4.10. The molecular weight excluding hydrogens is 338 g/mol. The molecule has 0 atom stereocenters. The van der Waals surface area contributed by atoms with Gasteiger partial charge in [0.2, 0.25) is 5.95 Å². The molecule has 0 bridgehead atoms. The van der Waals surface area contributed by atoms with Crippen LogP contribution in [-0.2, 0) is 0 Å². The maximum atomic E-state index is 12.5. The first kappa shape index (κ1) is 18.1. The number of hydrogen-bond donors (Lipinski definition) is 2. The monoisotopic (exact) mass is 357 g/mol. The molecule has 0 spiro atoms. The van der Waals surface area contributed by atoms with Gasteiger partial charge in [0.1, 0.15) is 0 Å². The van der Waals surface area contributed by atoms with Crippen molar-refractivity contribution in [1.82, 2.24) is 9.97 Å². The summed E-state index contributed by atoms with van der Waals surface area (Å²) >= 11 is 0. The summed E-state index contributed by atoms with van der Waals surface area (Å²) in [5.74, 6) is 0.119. The van der Waals surface area contributed by atoms with E-state index in [1.54, 1.807) is 24.3 Å². The predicted octanol–water partition coefficient (Wildman–Crippen LogP) is 4.27. The number of aromatic nitrogens is 2. The van der Waals surface area contributed by atoms with Crippen LogP contribution in [0.2, 0.25) is 0 Å². The number of nitriles is 1. The van der Waals surface area contributed by atoms with E-state index in [2.05, 4.69) is 26.7 Å². The van der Waals surface area contributed by atoms with Crippen molar-refractivity contribution in [3.8, 4) is 6.07 Å². The first-order valence-corrected chi connectivity index (χ1v) is 8.44. The number of hydrogen-bond acceptors (Lipinski definition) is 5. The van der Waals surface area contributed by atoms with Gasteiger partial charge in [-0.15, -0.1) is 0 Å². The van der Waals surface area contributed by atoms with Crippen molar-refractivity contribution in [3.63, 3.8) is 0 Å². The summed E-state index contributed by atoms with van der Waals surface area (Å²) in [6.07, 6.45) is 2.96. The Labute approximate surface area is 157 Å². The SMILES string of the molecule is Cc1cc(C)c(NC(=O)c2cnc(Nc3ccc(C#N)cc3)nc2)c(C)c1. The topological polar surface area (TPSA) is 90.7 Å². The Hall–Kier alpha value is -3.72. The van der Waals surface area contributed by atoms with Crippen molar-refractivity contribution in [3.05, 3.63) is 76.6 Å². The second-order valence-corrected chi connectivity index (χ2v) is 6.34. The molecule has 134 valence electrons. The number of aryl methyl sites for hydroxylation is 3. The van der Waals surface area contributed by atoms with Crippen molar-refractivity contribution in [2.75, 3.05) is 10.6 Å². The van der Waals surface area contributed by atoms with E-state index < -0.39 is 0 Å². The van der Waals surface area contributed by atoms with Crippen LogP contribution in [0.1, 0.15) is 32.6 Å². The van der Waals surface area contributed by atoms with Gasteiger partial charge < -0.3 is 10.6 Å². The van der Waals surface area contributed by atoms with Crippen molar-refractivity contribution >= 4 is 23.2 Å². The van der Waals surface area contributed by atoms with Gasteiger partial charge in [0, 0.05) is 23.8 Å². The lowest BCUT2D eigenvalue weighted by molar-refractivity contribution is 0.102. The maximum absolute atomic E-state index is 12.5. The van der Waals surface area contributed by atoms with E-state index in [0.717, 1.165) is 28.1 Å². The highest BCUT2D eigenvalue weighted by molar-refractivity contribution is 6.04. The fourth-order valence-electron chi connectivity index (χ4n) is 2.83. The summed E-state index contributed by atoms with van der Waals surface area (Å²) in [5.41, 5.74) is 5.71. The molecule has 3 rings (SSSR count). The van der Waals surface area contributed by atoms with Gasteiger partial charge in [-0.25, -0.2) is 9.97 Å². The number of nitrogens with one attached hydrogen (secondary N) is 2. The van der Waals surface area contributed by atoms with E-state index in [0.29, 0.717) is 17.1 Å². The number of nitrogens with zero attached hydrogens (tertiary/aromatic N) is 3. The van der Waals surface area contributed by atoms with Crippen molar-refractivity contribution in [2.24, 2.45) is 0 Å². The van der Waals surface area contributed by atoms with Gasteiger partial charge in [0.25, 0.3) is 5.91 Å². The molecule has 0 fully saturated rings. The van der Waals surface area contributed by atoms with Gasteiger partial charge in [-0.05, 0) is 56.2 Å². The minimum Gasteiger partial charge on any atom is -0.324 e. The number of carbonyl (C=O) groups is 1. The van der Waals surface area contributed by atoms with Gasteiger partial charge in [-0.3, -0.25) is 4.79 Å². The molecule has 3 aromatic rings. The van der Waals surface area contributed by atoms with Crippen LogP contribution >= 0.6 is 0 Å². The average molecular weight is 357 g/mol. The number of benzene rings is 2. The Balaban J connectivity index is 1.71. The molecular formula is C21H19N5O. The van der Waals surface area contributed by atoms with E-state index in [1.807, 2.05) is 32.9 Å². The van der Waals surface area contributed by atoms with Crippen LogP contribution in [0.25, 0.3) is 0 Å². The number of rotatable bonds is 4. The summed E-state index contributed by atoms with van der Waals surface area (Å²) in [7, 11) is 0. The summed E-state index contributed by atoms with van der Waals surface area (Å²) in [6, 6.07) is 13.1. The minimum absolute atomic E-state index is 0.255. The summed E-state index contributed by atoms with van der Waals surface area (Å²) in [5, 5.41) is 14.8. The zero-order valence-corrected chi connectivity index (χ0v) is 15.4. The lowest BCUT2D eigenvalue weighted by Gasteiger charge is -2.13. The van der Waals surface area contributed by atoms with Crippen LogP contribution in [0.15, 0.2) is 48.8 Å². The molecule has 2 aromatic carbocycles. The Kier molecular flexibility index (Phi) is 5.13. The van der Waals surface area contributed by atoms with E-state index in [1.165, 1.54) is 12.4 Å². The van der Waals surface area contributed by atoms with Crippen molar-refractivity contribution in [2.45, 2.75) is 20.8 Å². The van der Waals surface area contributed by atoms with Gasteiger partial charge in [-0.2, -0.15) is 5.26 Å². The van der Waals surface area contributed by atoms with E-state index >= 15 is 0 Å². The number of anilines is 3. The Morgan fingerprint density at radius 2 is 1.59 bits per heavy atom. The molecule has 27 heavy (non-hydrogen) atoms. The molecule has 6 nitrogen and oxygen atoms in total. The molecule has 0 unspecified atom stereocenters. The molecule has 6 heteroatoms. The van der Waals surface area contributed by atoms with Crippen molar-refractivity contribution < 1.29 is 4.79 Å². The molecule has 0 saturated carbocycles. The first-order chi connectivity index (χ1) is 13.0. The van der Waals surface area contributed by atoms with Crippen LogP contribution in [-0.4, -0.2) is 15.9 Å². The quantitative estimate of drug-likeness (QED) is 0.728. The summed E-state index contributed by atoms with van der Waals surface area (Å²) in [6.45, 7) is 5.96. The molecule has 2 N–H and O–H groups in total. The highest BCUT2D eigenvalue weighted by Crippen LogP contribution is 2.22. The fourth-order valence-corrected chi connectivity index (χ4v) is 2.83. The van der Waals surface area contributed by atoms with Crippen molar-refractivity contribution in [1.29, 1.82) is 5.26 Å². The zero-order valence-electron chi connectivity index (χ0n) is 15.4. The molecule has 1 aromatic heterocycles. The predicted molar refractivity (Wildman–Crippen MR) is 105 cm³/mol. The second-order valence-electron chi connectivity index (χ2n) is 6.34. The molecule has 0 aliphatic rings. The Morgan fingerprint density at radius 1 is 1.00 bits per heavy atom. The van der Waals surface area contributed by atoms with Crippen LogP contribution in [0, 0.1) is 32.1 Å². The third kappa shape index (κ3) is 4.28. The fraction of sp³-hybridized carbons (Fsp3) is 0.143. The maximum Gasteiger partial charge on any atom is 0.258 e. The first-order valence-electron chi connectivity index (χ1n) is 8.44. The van der Waals surface area contributed by atoms with Gasteiger partial charge in [0.05, 0.1) is 17.2 Å². The van der Waals surface area contributed by atoms with Crippen LogP contribution < -0.4 is 10.6 Å². The van der Waals surface area contributed by atoms with Crippen LogP contribution in [0.5, 0.6) is 0 Å². The Bertz CT molecular complexity index is 995. The normalized spacial score (nSPS) is 10.1. The smallest absolute Gasteiger partial charge is 0.258 e. The standard InChI is InChI=1S/C21H19N5O/c1-13-8-14(2)19(15(3)9-13)26-20(27)17-11-23-21(24-12-17)25-18-6-4-16(10-22)5-7-18/h4-9,11-12H,1-3H3,(H,26,27)(H,23,24,25). The molecule has 0 aliphatic carbocycles. The molecule has 1 amide bonds. The Morgan fingerprint density at radius 3 is 2.15 bits per heavy atom. The van der Waals surface area contributed by atoms with Gasteiger partial charge in [-0.1, -0.05) is 17.7 Å². The summed E-state index contributed by atoms with van der Waals surface area (Å²) < 4.78 is 0. The highest BCUT2D eigenvalue weighted by Gasteiger charge is 2.11. The average Bonchev–Trinajstić information content (AvgIpc) is 2.65. The lowest BCUT2D eigenvalue weighted by Crippen LogP contribution is -2.15. The lowest BCUT2D eigenvalue weighted by atomic mass is 10.0. The van der Waals surface area contributed by atoms with E-state index in [4.69, 9.17) is 5.26 Å². The molecule has 1 heterocycles. The summed E-state index contributed by atoms with van der Waals surface area (Å²) in [4.78, 5) is 20.9.